The van der Waals surface area contributed by atoms with Crippen LogP contribution in [0.5, 0.6) is 11.5 Å². The summed E-state index contributed by atoms with van der Waals surface area (Å²) in [6, 6.07) is 24.4. The standard InChI is InChI=1S/C30H26N2O5/c1-3-32-24-12-8-7-11-23(24)29(30(32)22-9-5-4-6-10-22)25(33)20-37-28(34)16-14-21-13-15-26(36-18-17-31)27(19-21)35-2/h4-16,19H,3,18,20H2,1-2H3/b16-14+. The summed E-state index contributed by atoms with van der Waals surface area (Å²) in [6.45, 7) is 2.24. The van der Waals surface area contributed by atoms with E-state index in [0.717, 1.165) is 22.2 Å². The second-order valence-corrected chi connectivity index (χ2v) is 8.07. The number of ether oxygens (including phenoxy) is 3. The molecule has 4 rings (SSSR count). The zero-order valence-electron chi connectivity index (χ0n) is 20.6. The van der Waals surface area contributed by atoms with E-state index < -0.39 is 5.97 Å². The van der Waals surface area contributed by atoms with Crippen LogP contribution in [0, 0.1) is 11.3 Å². The van der Waals surface area contributed by atoms with Gasteiger partial charge < -0.3 is 18.8 Å². The van der Waals surface area contributed by atoms with Crippen molar-refractivity contribution >= 4 is 28.7 Å². The summed E-state index contributed by atoms with van der Waals surface area (Å²) in [7, 11) is 1.49. The molecule has 0 aliphatic carbocycles. The SMILES string of the molecule is CCn1c(-c2ccccc2)c(C(=O)COC(=O)/C=C/c2ccc(OCC#N)c(OC)c2)c2ccccc21. The lowest BCUT2D eigenvalue weighted by molar-refractivity contribution is -0.136. The fraction of sp³-hybridized carbons (Fsp3) is 0.167. The van der Waals surface area contributed by atoms with Crippen LogP contribution >= 0.6 is 0 Å². The van der Waals surface area contributed by atoms with Crippen LogP contribution in [0.4, 0.5) is 0 Å². The minimum absolute atomic E-state index is 0.102. The summed E-state index contributed by atoms with van der Waals surface area (Å²) in [5.74, 6) is -0.0566. The number of benzene rings is 3. The van der Waals surface area contributed by atoms with Gasteiger partial charge >= 0.3 is 5.97 Å². The maximum Gasteiger partial charge on any atom is 0.331 e. The maximum atomic E-state index is 13.4. The lowest BCUT2D eigenvalue weighted by atomic mass is 10.0. The summed E-state index contributed by atoms with van der Waals surface area (Å²) in [6.07, 6.45) is 2.81. The molecule has 0 saturated heterocycles. The Balaban J connectivity index is 1.53. The van der Waals surface area contributed by atoms with Gasteiger partial charge in [0, 0.05) is 23.5 Å². The van der Waals surface area contributed by atoms with Crippen LogP contribution in [0.25, 0.3) is 28.2 Å². The van der Waals surface area contributed by atoms with E-state index in [9.17, 15) is 9.59 Å². The van der Waals surface area contributed by atoms with Gasteiger partial charge in [-0.1, -0.05) is 54.6 Å². The largest absolute Gasteiger partial charge is 0.493 e. The van der Waals surface area contributed by atoms with E-state index in [1.807, 2.05) is 67.6 Å². The zero-order chi connectivity index (χ0) is 26.2. The Morgan fingerprint density at radius 2 is 1.76 bits per heavy atom. The van der Waals surface area contributed by atoms with Gasteiger partial charge in [-0.05, 0) is 42.3 Å². The molecular weight excluding hydrogens is 468 g/mol. The summed E-state index contributed by atoms with van der Waals surface area (Å²) < 4.78 is 18.0. The van der Waals surface area contributed by atoms with Gasteiger partial charge in [-0.2, -0.15) is 5.26 Å². The molecule has 1 aromatic heterocycles. The van der Waals surface area contributed by atoms with E-state index in [4.69, 9.17) is 19.5 Å². The first kappa shape index (κ1) is 25.3. The molecular formula is C30H26N2O5. The third-order valence-corrected chi connectivity index (χ3v) is 5.85. The van der Waals surface area contributed by atoms with Gasteiger partial charge in [0.1, 0.15) is 6.07 Å². The number of aryl methyl sites for hydroxylation is 1. The lowest BCUT2D eigenvalue weighted by Crippen LogP contribution is -2.13. The molecule has 7 nitrogen and oxygen atoms in total. The number of fused-ring (bicyclic) bond motifs is 1. The molecule has 37 heavy (non-hydrogen) atoms. The maximum absolute atomic E-state index is 13.4. The molecule has 0 fully saturated rings. The Hall–Kier alpha value is -4.83. The number of hydrogen-bond acceptors (Lipinski definition) is 6. The minimum Gasteiger partial charge on any atom is -0.493 e. The average molecular weight is 495 g/mol. The number of Topliss-reactive ketones (excluding diaryl/α,β-unsaturated/α-hetero) is 1. The molecule has 0 amide bonds. The molecule has 0 atom stereocenters. The van der Waals surface area contributed by atoms with E-state index in [1.165, 1.54) is 13.2 Å². The molecule has 7 heteroatoms. The zero-order valence-corrected chi connectivity index (χ0v) is 20.6. The number of carbonyl (C=O) groups excluding carboxylic acids is 2. The third-order valence-electron chi connectivity index (χ3n) is 5.85. The molecule has 0 radical (unpaired) electrons. The average Bonchev–Trinajstić information content (AvgIpc) is 3.28. The molecule has 0 bridgehead atoms. The number of nitrogens with zero attached hydrogens (tertiary/aromatic N) is 2. The Morgan fingerprint density at radius 3 is 2.49 bits per heavy atom. The number of hydrogen-bond donors (Lipinski definition) is 0. The van der Waals surface area contributed by atoms with Crippen molar-refractivity contribution in [1.29, 1.82) is 5.26 Å². The van der Waals surface area contributed by atoms with E-state index >= 15 is 0 Å². The summed E-state index contributed by atoms with van der Waals surface area (Å²) in [5.41, 5.74) is 3.90. The van der Waals surface area contributed by atoms with Crippen molar-refractivity contribution in [1.82, 2.24) is 4.57 Å². The molecule has 0 aliphatic rings. The van der Waals surface area contributed by atoms with Crippen LogP contribution in [0.1, 0.15) is 22.8 Å². The normalized spacial score (nSPS) is 10.8. The van der Waals surface area contributed by atoms with Crippen LogP contribution in [-0.2, 0) is 16.1 Å². The Kier molecular flexibility index (Phi) is 8.01. The Bertz CT molecular complexity index is 1500. The molecule has 0 saturated carbocycles. The van der Waals surface area contributed by atoms with E-state index in [1.54, 1.807) is 24.3 Å². The van der Waals surface area contributed by atoms with Crippen molar-refractivity contribution < 1.29 is 23.8 Å². The first-order valence-corrected chi connectivity index (χ1v) is 11.8. The van der Waals surface area contributed by atoms with Gasteiger partial charge in [0.05, 0.1) is 18.4 Å². The highest BCUT2D eigenvalue weighted by Crippen LogP contribution is 2.34. The van der Waals surface area contributed by atoms with Crippen LogP contribution in [0.15, 0.2) is 78.9 Å². The molecule has 1 heterocycles. The van der Waals surface area contributed by atoms with E-state index in [-0.39, 0.29) is 19.0 Å². The summed E-state index contributed by atoms with van der Waals surface area (Å²) >= 11 is 0. The minimum atomic E-state index is -0.641. The van der Waals surface area contributed by atoms with Gasteiger partial charge in [0.2, 0.25) is 5.78 Å². The Morgan fingerprint density at radius 1 is 1.00 bits per heavy atom. The number of rotatable bonds is 10. The fourth-order valence-electron chi connectivity index (χ4n) is 4.25. The van der Waals surface area contributed by atoms with Crippen molar-refractivity contribution in [2.75, 3.05) is 20.3 Å². The smallest absolute Gasteiger partial charge is 0.331 e. The third kappa shape index (κ3) is 5.54. The second kappa shape index (κ2) is 11.7. The topological polar surface area (TPSA) is 90.5 Å². The van der Waals surface area contributed by atoms with Gasteiger partial charge in [-0.15, -0.1) is 0 Å². The number of methoxy groups -OCH3 is 1. The van der Waals surface area contributed by atoms with Gasteiger partial charge in [-0.25, -0.2) is 4.79 Å². The predicted octanol–water partition coefficient (Wildman–Crippen LogP) is 5.68. The molecule has 0 aliphatic heterocycles. The highest BCUT2D eigenvalue weighted by Gasteiger charge is 2.23. The van der Waals surface area contributed by atoms with Gasteiger partial charge in [-0.3, -0.25) is 4.79 Å². The van der Waals surface area contributed by atoms with Crippen molar-refractivity contribution in [2.45, 2.75) is 13.5 Å². The first-order chi connectivity index (χ1) is 18.1. The lowest BCUT2D eigenvalue weighted by Gasteiger charge is -2.10. The quantitative estimate of drug-likeness (QED) is 0.160. The van der Waals surface area contributed by atoms with Crippen LogP contribution in [-0.4, -0.2) is 36.6 Å². The number of nitriles is 1. The van der Waals surface area contributed by atoms with Crippen LogP contribution in [0.2, 0.25) is 0 Å². The number of carbonyl (C=O) groups is 2. The Labute approximate surface area is 215 Å². The monoisotopic (exact) mass is 494 g/mol. The highest BCUT2D eigenvalue weighted by molar-refractivity contribution is 6.14. The van der Waals surface area contributed by atoms with Crippen LogP contribution in [0.3, 0.4) is 0 Å². The summed E-state index contributed by atoms with van der Waals surface area (Å²) in [5, 5.41) is 9.51. The number of ketones is 1. The molecule has 3 aromatic carbocycles. The van der Waals surface area contributed by atoms with Crippen molar-refractivity contribution in [3.63, 3.8) is 0 Å². The highest BCUT2D eigenvalue weighted by atomic mass is 16.5. The van der Waals surface area contributed by atoms with Crippen molar-refractivity contribution in [3.05, 3.63) is 90.0 Å². The van der Waals surface area contributed by atoms with Gasteiger partial charge in [0.25, 0.3) is 0 Å². The van der Waals surface area contributed by atoms with Gasteiger partial charge in [0.15, 0.2) is 24.7 Å². The first-order valence-electron chi connectivity index (χ1n) is 11.8. The molecule has 0 unspecified atom stereocenters. The molecule has 4 aromatic rings. The number of esters is 1. The number of aromatic nitrogens is 1. The van der Waals surface area contributed by atoms with Crippen molar-refractivity contribution in [3.8, 4) is 28.8 Å². The molecule has 186 valence electrons. The van der Waals surface area contributed by atoms with E-state index in [2.05, 4.69) is 4.57 Å². The second-order valence-electron chi connectivity index (χ2n) is 8.07. The fourth-order valence-corrected chi connectivity index (χ4v) is 4.25. The molecule has 0 spiro atoms. The van der Waals surface area contributed by atoms with Crippen molar-refractivity contribution in [2.24, 2.45) is 0 Å². The predicted molar refractivity (Wildman–Crippen MR) is 141 cm³/mol. The van der Waals surface area contributed by atoms with E-state index in [0.29, 0.717) is 29.2 Å². The summed E-state index contributed by atoms with van der Waals surface area (Å²) in [4.78, 5) is 25.8. The molecule has 0 N–H and O–H groups in total. The van der Waals surface area contributed by atoms with Crippen LogP contribution < -0.4 is 9.47 Å². The number of para-hydroxylation sites is 1.